The second-order valence-electron chi connectivity index (χ2n) is 4.74. The highest BCUT2D eigenvalue weighted by Crippen LogP contribution is 2.27. The highest BCUT2D eigenvalue weighted by Gasteiger charge is 2.07. The summed E-state index contributed by atoms with van der Waals surface area (Å²) >= 11 is 1.65. The number of hydrogen-bond donors (Lipinski definition) is 1. The summed E-state index contributed by atoms with van der Waals surface area (Å²) in [6.07, 6.45) is 1.57. The molecular formula is C15H14FN3S. The molecule has 2 heterocycles. The van der Waals surface area contributed by atoms with Gasteiger partial charge in [-0.1, -0.05) is 12.1 Å². The number of hydrogen-bond acceptors (Lipinski definition) is 4. The first-order valence-electron chi connectivity index (χ1n) is 6.33. The molecule has 0 atom stereocenters. The molecule has 3 aromatic rings. The average molecular weight is 287 g/mol. The summed E-state index contributed by atoms with van der Waals surface area (Å²) in [5.74, 6) is 0.646. The van der Waals surface area contributed by atoms with E-state index in [0.717, 1.165) is 21.6 Å². The minimum Gasteiger partial charge on any atom is -0.365 e. The number of nitrogens with one attached hydrogen (secondary N) is 1. The molecule has 0 aliphatic rings. The van der Waals surface area contributed by atoms with Crippen molar-refractivity contribution in [3.8, 4) is 0 Å². The fraction of sp³-hybridized carbons (Fsp3) is 0.200. The lowest BCUT2D eigenvalue weighted by molar-refractivity contribution is 0.617. The van der Waals surface area contributed by atoms with Crippen molar-refractivity contribution in [2.45, 2.75) is 20.4 Å². The van der Waals surface area contributed by atoms with Crippen LogP contribution >= 0.6 is 11.3 Å². The molecule has 102 valence electrons. The Balaban J connectivity index is 1.84. The van der Waals surface area contributed by atoms with Gasteiger partial charge >= 0.3 is 0 Å². The molecule has 1 N–H and O–H groups in total. The molecule has 5 heteroatoms. The third-order valence-corrected chi connectivity index (χ3v) is 4.09. The van der Waals surface area contributed by atoms with Crippen molar-refractivity contribution >= 4 is 27.4 Å². The van der Waals surface area contributed by atoms with Crippen LogP contribution in [0.2, 0.25) is 0 Å². The first-order chi connectivity index (χ1) is 9.63. The number of thiophene rings is 1. The van der Waals surface area contributed by atoms with Crippen LogP contribution in [0.1, 0.15) is 16.0 Å². The van der Waals surface area contributed by atoms with E-state index in [2.05, 4.69) is 28.3 Å². The Hall–Kier alpha value is -2.01. The van der Waals surface area contributed by atoms with Gasteiger partial charge in [0, 0.05) is 11.4 Å². The molecule has 0 spiro atoms. The number of aromatic nitrogens is 2. The molecule has 0 unspecified atom stereocenters. The van der Waals surface area contributed by atoms with Gasteiger partial charge in [0.15, 0.2) is 0 Å². The number of halogens is 1. The monoisotopic (exact) mass is 287 g/mol. The highest BCUT2D eigenvalue weighted by molar-refractivity contribution is 7.18. The average Bonchev–Trinajstić information content (AvgIpc) is 2.81. The number of nitrogens with zero attached hydrogens (tertiary/aromatic N) is 2. The summed E-state index contributed by atoms with van der Waals surface area (Å²) in [6, 6.07) is 7.21. The fourth-order valence-corrected chi connectivity index (χ4v) is 2.97. The summed E-state index contributed by atoms with van der Waals surface area (Å²) in [4.78, 5) is 10.7. The molecule has 0 radical (unpaired) electrons. The molecule has 0 amide bonds. The molecule has 1 aromatic carbocycles. The summed E-state index contributed by atoms with van der Waals surface area (Å²) in [5, 5.41) is 4.33. The summed E-state index contributed by atoms with van der Waals surface area (Å²) in [5.41, 5.74) is 1.69. The lowest BCUT2D eigenvalue weighted by Crippen LogP contribution is -2.02. The number of aryl methyl sites for hydroxylation is 2. The summed E-state index contributed by atoms with van der Waals surface area (Å²) < 4.78 is 13.2. The van der Waals surface area contributed by atoms with Crippen LogP contribution in [0.5, 0.6) is 0 Å². The number of rotatable bonds is 3. The molecule has 0 bridgehead atoms. The minimum atomic E-state index is -0.174. The third-order valence-electron chi connectivity index (χ3n) is 3.13. The van der Waals surface area contributed by atoms with E-state index in [9.17, 15) is 4.39 Å². The number of fused-ring (bicyclic) bond motifs is 1. The maximum atomic E-state index is 13.2. The van der Waals surface area contributed by atoms with E-state index in [1.807, 2.05) is 6.07 Å². The normalized spacial score (nSPS) is 10.9. The quantitative estimate of drug-likeness (QED) is 0.789. The lowest BCUT2D eigenvalue weighted by Gasteiger charge is -2.07. The van der Waals surface area contributed by atoms with Gasteiger partial charge in [-0.25, -0.2) is 14.4 Å². The van der Waals surface area contributed by atoms with Crippen molar-refractivity contribution in [1.82, 2.24) is 9.97 Å². The molecule has 0 fully saturated rings. The molecule has 0 saturated carbocycles. The Bertz CT molecular complexity index is 767. The van der Waals surface area contributed by atoms with Gasteiger partial charge in [-0.2, -0.15) is 0 Å². The minimum absolute atomic E-state index is 0.174. The van der Waals surface area contributed by atoms with Crippen LogP contribution in [0.25, 0.3) is 10.2 Å². The molecule has 2 aromatic heterocycles. The van der Waals surface area contributed by atoms with E-state index in [0.29, 0.717) is 12.1 Å². The van der Waals surface area contributed by atoms with Gasteiger partial charge in [-0.15, -0.1) is 11.3 Å². The maximum absolute atomic E-state index is 13.2. The zero-order valence-electron chi connectivity index (χ0n) is 11.3. The fourth-order valence-electron chi connectivity index (χ4n) is 2.12. The number of benzene rings is 1. The zero-order chi connectivity index (χ0) is 14.1. The molecule has 0 aliphatic carbocycles. The maximum Gasteiger partial charge on any atom is 0.138 e. The van der Waals surface area contributed by atoms with Crippen molar-refractivity contribution in [2.24, 2.45) is 0 Å². The Morgan fingerprint density at radius 3 is 2.85 bits per heavy atom. The Morgan fingerprint density at radius 1 is 1.20 bits per heavy atom. The van der Waals surface area contributed by atoms with E-state index in [-0.39, 0.29) is 5.82 Å². The van der Waals surface area contributed by atoms with Crippen LogP contribution in [-0.4, -0.2) is 9.97 Å². The topological polar surface area (TPSA) is 37.8 Å². The summed E-state index contributed by atoms with van der Waals surface area (Å²) in [6.45, 7) is 4.44. The van der Waals surface area contributed by atoms with Crippen LogP contribution in [0.4, 0.5) is 10.2 Å². The van der Waals surface area contributed by atoms with Gasteiger partial charge in [0.05, 0.1) is 5.39 Å². The van der Waals surface area contributed by atoms with Crippen LogP contribution in [0.3, 0.4) is 0 Å². The van der Waals surface area contributed by atoms with Crippen molar-refractivity contribution < 1.29 is 4.39 Å². The van der Waals surface area contributed by atoms with Crippen molar-refractivity contribution in [2.75, 3.05) is 5.32 Å². The molecular weight excluding hydrogens is 273 g/mol. The van der Waals surface area contributed by atoms with E-state index in [1.54, 1.807) is 30.7 Å². The smallest absolute Gasteiger partial charge is 0.138 e. The van der Waals surface area contributed by atoms with Crippen LogP contribution < -0.4 is 5.32 Å². The Morgan fingerprint density at radius 2 is 2.05 bits per heavy atom. The van der Waals surface area contributed by atoms with Gasteiger partial charge in [0.2, 0.25) is 0 Å². The molecule has 0 saturated heterocycles. The molecule has 0 aliphatic heterocycles. The second kappa shape index (κ2) is 5.17. The van der Waals surface area contributed by atoms with Crippen molar-refractivity contribution in [1.29, 1.82) is 0 Å². The first kappa shape index (κ1) is 13.0. The third kappa shape index (κ3) is 2.49. The summed E-state index contributed by atoms with van der Waals surface area (Å²) in [7, 11) is 0. The Kier molecular flexibility index (Phi) is 3.36. The number of anilines is 1. The molecule has 3 nitrogen and oxygen atoms in total. The van der Waals surface area contributed by atoms with Gasteiger partial charge in [0.25, 0.3) is 0 Å². The van der Waals surface area contributed by atoms with Gasteiger partial charge in [-0.3, -0.25) is 0 Å². The van der Waals surface area contributed by atoms with Gasteiger partial charge < -0.3 is 5.32 Å². The van der Waals surface area contributed by atoms with E-state index < -0.39 is 0 Å². The zero-order valence-corrected chi connectivity index (χ0v) is 12.1. The van der Waals surface area contributed by atoms with Crippen LogP contribution in [-0.2, 0) is 6.54 Å². The first-order valence-corrected chi connectivity index (χ1v) is 7.15. The lowest BCUT2D eigenvalue weighted by atomic mass is 10.1. The predicted molar refractivity (Wildman–Crippen MR) is 80.6 cm³/mol. The molecule has 3 rings (SSSR count). The molecule has 20 heavy (non-hydrogen) atoms. The van der Waals surface area contributed by atoms with E-state index in [1.165, 1.54) is 10.9 Å². The van der Waals surface area contributed by atoms with Crippen molar-refractivity contribution in [3.05, 3.63) is 52.4 Å². The van der Waals surface area contributed by atoms with Gasteiger partial charge in [0.1, 0.15) is 22.8 Å². The van der Waals surface area contributed by atoms with Gasteiger partial charge in [-0.05, 0) is 37.1 Å². The second-order valence-corrected chi connectivity index (χ2v) is 5.97. The van der Waals surface area contributed by atoms with Crippen molar-refractivity contribution in [3.63, 3.8) is 0 Å². The standard InChI is InChI=1S/C15H14FN3S/c1-9-5-11(3-4-13(9)16)7-17-14-12-6-10(2)20-15(12)19-8-18-14/h3-6,8H,7H2,1-2H3,(H,17,18,19). The van der Waals surface area contributed by atoms with Crippen LogP contribution in [0, 0.1) is 19.7 Å². The van der Waals surface area contributed by atoms with E-state index in [4.69, 9.17) is 0 Å². The SMILES string of the molecule is Cc1cc2c(NCc3ccc(F)c(C)c3)ncnc2s1. The largest absolute Gasteiger partial charge is 0.365 e. The van der Waals surface area contributed by atoms with E-state index >= 15 is 0 Å². The van der Waals surface area contributed by atoms with Crippen LogP contribution in [0.15, 0.2) is 30.6 Å². The Labute approximate surface area is 120 Å². The predicted octanol–water partition coefficient (Wildman–Crippen LogP) is 4.06. The highest BCUT2D eigenvalue weighted by atomic mass is 32.1.